The van der Waals surface area contributed by atoms with Gasteiger partial charge >= 0.3 is 0 Å². The van der Waals surface area contributed by atoms with Crippen molar-refractivity contribution in [3.8, 4) is 11.5 Å². The average Bonchev–Trinajstić information content (AvgIpc) is 2.34. The van der Waals surface area contributed by atoms with Crippen LogP contribution in [0.5, 0.6) is 11.5 Å². The molecule has 0 heterocycles. The molecule has 2 aromatic carbocycles. The molecule has 2 aromatic rings. The van der Waals surface area contributed by atoms with Crippen molar-refractivity contribution in [1.29, 1.82) is 0 Å². The van der Waals surface area contributed by atoms with Crippen molar-refractivity contribution in [2.75, 3.05) is 0 Å². The van der Waals surface area contributed by atoms with Crippen LogP contribution in [0.4, 0.5) is 4.39 Å². The van der Waals surface area contributed by atoms with Gasteiger partial charge in [0.1, 0.15) is 17.3 Å². The SMILES string of the molecule is Cc1cc(Cl)ccc1Oc1ccc(F)cc1[C@@H](C)O. The summed E-state index contributed by atoms with van der Waals surface area (Å²) < 4.78 is 18.9. The van der Waals surface area contributed by atoms with Crippen molar-refractivity contribution in [2.24, 2.45) is 0 Å². The van der Waals surface area contributed by atoms with E-state index in [1.165, 1.54) is 18.2 Å². The maximum absolute atomic E-state index is 13.2. The lowest BCUT2D eigenvalue weighted by Crippen LogP contribution is -1.98. The van der Waals surface area contributed by atoms with Gasteiger partial charge in [-0.15, -0.1) is 0 Å². The van der Waals surface area contributed by atoms with E-state index in [0.717, 1.165) is 5.56 Å². The molecule has 0 fully saturated rings. The number of ether oxygens (including phenoxy) is 1. The standard InChI is InChI=1S/C15H14ClFO2/c1-9-7-11(16)3-5-14(9)19-15-6-4-12(17)8-13(15)10(2)18/h3-8,10,18H,1-2H3/t10-/m1/s1. The molecule has 0 saturated carbocycles. The van der Waals surface area contributed by atoms with Crippen molar-refractivity contribution in [2.45, 2.75) is 20.0 Å². The third-order valence-electron chi connectivity index (χ3n) is 2.78. The van der Waals surface area contributed by atoms with Crippen LogP contribution in [0.2, 0.25) is 5.02 Å². The zero-order valence-corrected chi connectivity index (χ0v) is 11.4. The number of aryl methyl sites for hydroxylation is 1. The van der Waals surface area contributed by atoms with Crippen LogP contribution in [-0.2, 0) is 0 Å². The number of aliphatic hydroxyl groups excluding tert-OH is 1. The van der Waals surface area contributed by atoms with E-state index >= 15 is 0 Å². The molecule has 1 N–H and O–H groups in total. The summed E-state index contributed by atoms with van der Waals surface area (Å²) in [7, 11) is 0. The highest BCUT2D eigenvalue weighted by atomic mass is 35.5. The smallest absolute Gasteiger partial charge is 0.133 e. The van der Waals surface area contributed by atoms with Crippen LogP contribution in [-0.4, -0.2) is 5.11 Å². The molecule has 0 radical (unpaired) electrons. The van der Waals surface area contributed by atoms with E-state index in [4.69, 9.17) is 16.3 Å². The van der Waals surface area contributed by atoms with Gasteiger partial charge in [-0.3, -0.25) is 0 Å². The number of rotatable bonds is 3. The number of halogens is 2. The normalized spacial score (nSPS) is 12.3. The lowest BCUT2D eigenvalue weighted by atomic mass is 10.1. The number of hydrogen-bond donors (Lipinski definition) is 1. The summed E-state index contributed by atoms with van der Waals surface area (Å²) in [6.07, 6.45) is -0.807. The Hall–Kier alpha value is -1.58. The molecule has 0 aliphatic heterocycles. The molecule has 0 spiro atoms. The Balaban J connectivity index is 2.38. The highest BCUT2D eigenvalue weighted by Crippen LogP contribution is 2.32. The van der Waals surface area contributed by atoms with Crippen LogP contribution in [0.15, 0.2) is 36.4 Å². The van der Waals surface area contributed by atoms with Crippen LogP contribution in [0, 0.1) is 12.7 Å². The summed E-state index contributed by atoms with van der Waals surface area (Å²) in [5.41, 5.74) is 1.28. The van der Waals surface area contributed by atoms with Gasteiger partial charge in [0.25, 0.3) is 0 Å². The van der Waals surface area contributed by atoms with Gasteiger partial charge in [0, 0.05) is 10.6 Å². The Kier molecular flexibility index (Phi) is 4.08. The Morgan fingerprint density at radius 2 is 1.84 bits per heavy atom. The first-order chi connectivity index (χ1) is 8.97. The number of benzene rings is 2. The van der Waals surface area contributed by atoms with Crippen LogP contribution >= 0.6 is 11.6 Å². The van der Waals surface area contributed by atoms with Crippen molar-refractivity contribution in [3.05, 3.63) is 58.4 Å². The molecule has 4 heteroatoms. The van der Waals surface area contributed by atoms with Crippen LogP contribution < -0.4 is 4.74 Å². The molecule has 19 heavy (non-hydrogen) atoms. The fraction of sp³-hybridized carbons (Fsp3) is 0.200. The minimum Gasteiger partial charge on any atom is -0.457 e. The van der Waals surface area contributed by atoms with Crippen molar-refractivity contribution < 1.29 is 14.2 Å². The minimum atomic E-state index is -0.807. The van der Waals surface area contributed by atoms with Gasteiger partial charge in [0.2, 0.25) is 0 Å². The van der Waals surface area contributed by atoms with Gasteiger partial charge in [-0.2, -0.15) is 0 Å². The van der Waals surface area contributed by atoms with E-state index in [1.54, 1.807) is 25.1 Å². The van der Waals surface area contributed by atoms with Gasteiger partial charge in [-0.25, -0.2) is 4.39 Å². The molecule has 0 saturated heterocycles. The second-order valence-electron chi connectivity index (χ2n) is 4.37. The molecule has 0 aromatic heterocycles. The first-order valence-electron chi connectivity index (χ1n) is 5.89. The van der Waals surface area contributed by atoms with Gasteiger partial charge in [0.15, 0.2) is 0 Å². The minimum absolute atomic E-state index is 0.406. The molecule has 0 aliphatic rings. The highest BCUT2D eigenvalue weighted by Gasteiger charge is 2.12. The van der Waals surface area contributed by atoms with E-state index in [1.807, 2.05) is 6.92 Å². The third kappa shape index (κ3) is 3.25. The Labute approximate surface area is 116 Å². The summed E-state index contributed by atoms with van der Waals surface area (Å²) in [6.45, 7) is 3.43. The fourth-order valence-corrected chi connectivity index (χ4v) is 2.01. The molecule has 2 nitrogen and oxygen atoms in total. The molecular weight excluding hydrogens is 267 g/mol. The Morgan fingerprint density at radius 1 is 1.16 bits per heavy atom. The maximum Gasteiger partial charge on any atom is 0.133 e. The largest absolute Gasteiger partial charge is 0.457 e. The number of aliphatic hydroxyl groups is 1. The zero-order valence-electron chi connectivity index (χ0n) is 10.7. The van der Waals surface area contributed by atoms with E-state index < -0.39 is 11.9 Å². The van der Waals surface area contributed by atoms with E-state index in [9.17, 15) is 9.50 Å². The summed E-state index contributed by atoms with van der Waals surface area (Å²) in [6, 6.07) is 9.31. The molecule has 0 amide bonds. The molecule has 0 unspecified atom stereocenters. The Morgan fingerprint density at radius 3 is 2.47 bits per heavy atom. The lowest BCUT2D eigenvalue weighted by Gasteiger charge is -2.14. The molecule has 0 bridgehead atoms. The van der Waals surface area contributed by atoms with Crippen molar-refractivity contribution >= 4 is 11.6 Å². The topological polar surface area (TPSA) is 29.5 Å². The summed E-state index contributed by atoms with van der Waals surface area (Å²) >= 11 is 5.88. The Bertz CT molecular complexity index is 597. The van der Waals surface area contributed by atoms with Gasteiger partial charge in [0.05, 0.1) is 6.10 Å². The predicted molar refractivity (Wildman–Crippen MR) is 73.3 cm³/mol. The van der Waals surface area contributed by atoms with E-state index in [-0.39, 0.29) is 0 Å². The second-order valence-corrected chi connectivity index (χ2v) is 4.81. The monoisotopic (exact) mass is 280 g/mol. The average molecular weight is 281 g/mol. The van der Waals surface area contributed by atoms with Crippen LogP contribution in [0.3, 0.4) is 0 Å². The summed E-state index contributed by atoms with van der Waals surface area (Å²) in [5, 5.41) is 10.3. The lowest BCUT2D eigenvalue weighted by molar-refractivity contribution is 0.195. The van der Waals surface area contributed by atoms with Gasteiger partial charge in [-0.1, -0.05) is 11.6 Å². The van der Waals surface area contributed by atoms with E-state index in [2.05, 4.69) is 0 Å². The van der Waals surface area contributed by atoms with Crippen molar-refractivity contribution in [1.82, 2.24) is 0 Å². The zero-order chi connectivity index (χ0) is 14.0. The van der Waals surface area contributed by atoms with Crippen LogP contribution in [0.1, 0.15) is 24.2 Å². The van der Waals surface area contributed by atoms with Crippen LogP contribution in [0.25, 0.3) is 0 Å². The molecular formula is C15H14ClFO2. The summed E-state index contributed by atoms with van der Waals surface area (Å²) in [4.78, 5) is 0. The molecule has 1 atom stereocenters. The van der Waals surface area contributed by atoms with Gasteiger partial charge < -0.3 is 9.84 Å². The molecule has 2 rings (SSSR count). The second kappa shape index (κ2) is 5.59. The first kappa shape index (κ1) is 13.8. The fourth-order valence-electron chi connectivity index (χ4n) is 1.78. The van der Waals surface area contributed by atoms with Crippen molar-refractivity contribution in [3.63, 3.8) is 0 Å². The summed E-state index contributed by atoms with van der Waals surface area (Å²) in [5.74, 6) is 0.649. The maximum atomic E-state index is 13.2. The first-order valence-corrected chi connectivity index (χ1v) is 6.26. The number of hydrogen-bond acceptors (Lipinski definition) is 2. The third-order valence-corrected chi connectivity index (χ3v) is 3.01. The van der Waals surface area contributed by atoms with Gasteiger partial charge in [-0.05, 0) is 55.8 Å². The quantitative estimate of drug-likeness (QED) is 0.888. The molecule has 100 valence electrons. The predicted octanol–water partition coefficient (Wildman–Crippen LogP) is 4.63. The highest BCUT2D eigenvalue weighted by molar-refractivity contribution is 6.30. The van der Waals surface area contributed by atoms with E-state index in [0.29, 0.717) is 22.1 Å². The molecule has 0 aliphatic carbocycles.